The lowest BCUT2D eigenvalue weighted by atomic mass is 10.3. The van der Waals surface area contributed by atoms with E-state index in [4.69, 9.17) is 0 Å². The van der Waals surface area contributed by atoms with Gasteiger partial charge < -0.3 is 0 Å². The Kier molecular flexibility index (Phi) is 1.55. The van der Waals surface area contributed by atoms with Crippen LogP contribution in [-0.4, -0.2) is 25.2 Å². The highest BCUT2D eigenvalue weighted by atomic mass is 15.5. The number of pyridine rings is 1. The van der Waals surface area contributed by atoms with Gasteiger partial charge in [0.25, 0.3) is 0 Å². The molecule has 12 heavy (non-hydrogen) atoms. The van der Waals surface area contributed by atoms with Crippen LogP contribution in [0.15, 0.2) is 24.8 Å². The molecule has 0 aliphatic heterocycles. The molecule has 2 rings (SSSR count). The van der Waals surface area contributed by atoms with Crippen LogP contribution in [-0.2, 0) is 0 Å². The molecule has 0 amide bonds. The van der Waals surface area contributed by atoms with Crippen LogP contribution in [0.25, 0.3) is 5.69 Å². The Balaban J connectivity index is 2.48. The van der Waals surface area contributed by atoms with Gasteiger partial charge >= 0.3 is 0 Å². The maximum Gasteiger partial charge on any atom is 0.143 e. The summed E-state index contributed by atoms with van der Waals surface area (Å²) in [5.74, 6) is 0. The van der Waals surface area contributed by atoms with Crippen molar-refractivity contribution in [1.29, 1.82) is 0 Å². The van der Waals surface area contributed by atoms with Gasteiger partial charge in [-0.15, -0.1) is 5.10 Å². The second-order valence-electron chi connectivity index (χ2n) is 2.47. The Morgan fingerprint density at radius 1 is 1.33 bits per heavy atom. The lowest BCUT2D eigenvalue weighted by molar-refractivity contribution is 0.785. The normalized spacial score (nSPS) is 10.1. The van der Waals surface area contributed by atoms with Crippen LogP contribution >= 0.6 is 0 Å². The number of nitrogens with zero attached hydrogens (tertiary/aromatic N) is 5. The zero-order chi connectivity index (χ0) is 8.39. The molecular weight excluding hydrogens is 154 g/mol. The van der Waals surface area contributed by atoms with Gasteiger partial charge in [-0.3, -0.25) is 4.98 Å². The molecule has 5 nitrogen and oxygen atoms in total. The second kappa shape index (κ2) is 2.69. The molecule has 0 aliphatic rings. The summed E-state index contributed by atoms with van der Waals surface area (Å²) in [6, 6.07) is 1.96. The maximum absolute atomic E-state index is 4.02. The van der Waals surface area contributed by atoms with Crippen LogP contribution < -0.4 is 0 Å². The molecule has 0 atom stereocenters. The van der Waals surface area contributed by atoms with Crippen LogP contribution in [0.4, 0.5) is 0 Å². The fourth-order valence-electron chi connectivity index (χ4n) is 0.944. The van der Waals surface area contributed by atoms with Gasteiger partial charge in [0.2, 0.25) is 0 Å². The highest BCUT2D eigenvalue weighted by molar-refractivity contribution is 5.29. The summed E-state index contributed by atoms with van der Waals surface area (Å²) in [5, 5.41) is 10.8. The standard InChI is InChI=1S/C7H7N5/c1-6-2-7(4-8-3-6)12-5-9-10-11-12/h2-5H,1H3. The fraction of sp³-hybridized carbons (Fsp3) is 0.143. The molecule has 2 heterocycles. The quantitative estimate of drug-likeness (QED) is 0.606. The van der Waals surface area contributed by atoms with Crippen LogP contribution in [0.3, 0.4) is 0 Å². The van der Waals surface area contributed by atoms with E-state index in [2.05, 4.69) is 20.5 Å². The molecule has 0 radical (unpaired) electrons. The summed E-state index contributed by atoms with van der Waals surface area (Å²) in [7, 11) is 0. The summed E-state index contributed by atoms with van der Waals surface area (Å²) in [5.41, 5.74) is 1.96. The first-order valence-corrected chi connectivity index (χ1v) is 3.51. The molecule has 0 aromatic carbocycles. The topological polar surface area (TPSA) is 56.5 Å². The predicted molar refractivity (Wildman–Crippen MR) is 41.7 cm³/mol. The first kappa shape index (κ1) is 6.90. The van der Waals surface area contributed by atoms with Crippen molar-refractivity contribution in [2.75, 3.05) is 0 Å². The van der Waals surface area contributed by atoms with Crippen LogP contribution in [0.1, 0.15) is 5.56 Å². The molecule has 2 aromatic rings. The van der Waals surface area contributed by atoms with Crippen LogP contribution in [0.2, 0.25) is 0 Å². The number of tetrazole rings is 1. The highest BCUT2D eigenvalue weighted by Gasteiger charge is 1.96. The molecule has 0 saturated carbocycles. The SMILES string of the molecule is Cc1cncc(-n2cnnn2)c1. The van der Waals surface area contributed by atoms with E-state index in [0.29, 0.717) is 0 Å². The van der Waals surface area contributed by atoms with E-state index in [1.54, 1.807) is 17.1 Å². The molecule has 0 N–H and O–H groups in total. The van der Waals surface area contributed by atoms with E-state index in [0.717, 1.165) is 11.3 Å². The van der Waals surface area contributed by atoms with Crippen molar-refractivity contribution in [2.45, 2.75) is 6.92 Å². The van der Waals surface area contributed by atoms with E-state index in [1.165, 1.54) is 6.33 Å². The Labute approximate surface area is 69.1 Å². The monoisotopic (exact) mass is 161 g/mol. The third-order valence-electron chi connectivity index (χ3n) is 1.47. The number of hydrogen-bond donors (Lipinski definition) is 0. The van der Waals surface area contributed by atoms with Crippen molar-refractivity contribution in [2.24, 2.45) is 0 Å². The van der Waals surface area contributed by atoms with Gasteiger partial charge in [0.05, 0.1) is 11.9 Å². The summed E-state index contributed by atoms with van der Waals surface area (Å²) in [4.78, 5) is 4.02. The minimum atomic E-state index is 0.875. The Hall–Kier alpha value is -1.78. The summed E-state index contributed by atoms with van der Waals surface area (Å²) >= 11 is 0. The molecule has 0 bridgehead atoms. The van der Waals surface area contributed by atoms with Crippen molar-refractivity contribution in [1.82, 2.24) is 25.2 Å². The highest BCUT2D eigenvalue weighted by Crippen LogP contribution is 2.04. The number of hydrogen-bond acceptors (Lipinski definition) is 4. The summed E-state index contributed by atoms with van der Waals surface area (Å²) < 4.78 is 1.57. The summed E-state index contributed by atoms with van der Waals surface area (Å²) in [6.45, 7) is 1.97. The first-order valence-electron chi connectivity index (χ1n) is 3.51. The number of aromatic nitrogens is 5. The van der Waals surface area contributed by atoms with Gasteiger partial charge in [-0.05, 0) is 29.0 Å². The van der Waals surface area contributed by atoms with Crippen molar-refractivity contribution in [3.63, 3.8) is 0 Å². The Morgan fingerprint density at radius 3 is 2.92 bits per heavy atom. The predicted octanol–water partition coefficient (Wildman–Crippen LogP) is 0.366. The number of aryl methyl sites for hydroxylation is 1. The number of rotatable bonds is 1. The lowest BCUT2D eigenvalue weighted by Crippen LogP contribution is -1.95. The van der Waals surface area contributed by atoms with Crippen molar-refractivity contribution in [3.05, 3.63) is 30.4 Å². The Bertz CT molecular complexity index is 367. The van der Waals surface area contributed by atoms with E-state index in [-0.39, 0.29) is 0 Å². The Morgan fingerprint density at radius 2 is 2.25 bits per heavy atom. The average molecular weight is 161 g/mol. The van der Waals surface area contributed by atoms with Crippen molar-refractivity contribution in [3.8, 4) is 5.69 Å². The smallest absolute Gasteiger partial charge is 0.143 e. The van der Waals surface area contributed by atoms with Gasteiger partial charge in [0.15, 0.2) is 0 Å². The van der Waals surface area contributed by atoms with E-state index < -0.39 is 0 Å². The van der Waals surface area contributed by atoms with Gasteiger partial charge in [0, 0.05) is 6.20 Å². The maximum atomic E-state index is 4.02. The van der Waals surface area contributed by atoms with Crippen molar-refractivity contribution < 1.29 is 0 Å². The first-order chi connectivity index (χ1) is 5.86. The second-order valence-corrected chi connectivity index (χ2v) is 2.47. The third kappa shape index (κ3) is 1.16. The van der Waals surface area contributed by atoms with Gasteiger partial charge in [-0.2, -0.15) is 4.68 Å². The molecule has 60 valence electrons. The van der Waals surface area contributed by atoms with Crippen LogP contribution in [0, 0.1) is 6.92 Å². The molecule has 0 fully saturated rings. The van der Waals surface area contributed by atoms with Crippen molar-refractivity contribution >= 4 is 0 Å². The zero-order valence-electron chi connectivity index (χ0n) is 6.55. The van der Waals surface area contributed by atoms with Gasteiger partial charge in [-0.1, -0.05) is 0 Å². The minimum Gasteiger partial charge on any atom is -0.262 e. The van der Waals surface area contributed by atoms with Gasteiger partial charge in [0.1, 0.15) is 6.33 Å². The largest absolute Gasteiger partial charge is 0.262 e. The molecule has 0 aliphatic carbocycles. The molecule has 2 aromatic heterocycles. The van der Waals surface area contributed by atoms with E-state index in [1.807, 2.05) is 13.0 Å². The fourth-order valence-corrected chi connectivity index (χ4v) is 0.944. The average Bonchev–Trinajstić information content (AvgIpc) is 2.56. The lowest BCUT2D eigenvalue weighted by Gasteiger charge is -1.97. The molecule has 5 heteroatoms. The third-order valence-corrected chi connectivity index (χ3v) is 1.47. The van der Waals surface area contributed by atoms with Gasteiger partial charge in [-0.25, -0.2) is 0 Å². The van der Waals surface area contributed by atoms with E-state index in [9.17, 15) is 0 Å². The molecule has 0 spiro atoms. The molecule has 0 saturated heterocycles. The zero-order valence-corrected chi connectivity index (χ0v) is 6.55. The van der Waals surface area contributed by atoms with Crippen LogP contribution in [0.5, 0.6) is 0 Å². The van der Waals surface area contributed by atoms with E-state index >= 15 is 0 Å². The minimum absolute atomic E-state index is 0.875. The molecular formula is C7H7N5. The summed E-state index contributed by atoms with van der Waals surface area (Å²) in [6.07, 6.45) is 5.04. The molecule has 0 unspecified atom stereocenters.